The Balaban J connectivity index is 2.26. The van der Waals surface area contributed by atoms with Crippen LogP contribution in [0.2, 0.25) is 0 Å². The lowest BCUT2D eigenvalue weighted by atomic mass is 10.2. The van der Waals surface area contributed by atoms with Crippen molar-refractivity contribution >= 4 is 17.7 Å². The van der Waals surface area contributed by atoms with Gasteiger partial charge in [0, 0.05) is 11.3 Å². The Morgan fingerprint density at radius 2 is 2.33 bits per heavy atom. The van der Waals surface area contributed by atoms with E-state index in [0.717, 1.165) is 5.25 Å². The molecule has 15 heavy (non-hydrogen) atoms. The van der Waals surface area contributed by atoms with Crippen molar-refractivity contribution in [2.75, 3.05) is 12.9 Å². The molecule has 0 radical (unpaired) electrons. The Kier molecular flexibility index (Phi) is 5.47. The van der Waals surface area contributed by atoms with Gasteiger partial charge < -0.3 is 10.1 Å². The topological polar surface area (TPSA) is 38.3 Å². The summed E-state index contributed by atoms with van der Waals surface area (Å²) < 4.78 is 4.69. The largest absolute Gasteiger partial charge is 0.468 e. The van der Waals surface area contributed by atoms with Gasteiger partial charge in [0.1, 0.15) is 6.04 Å². The smallest absolute Gasteiger partial charge is 0.322 e. The highest BCUT2D eigenvalue weighted by Crippen LogP contribution is 2.29. The van der Waals surface area contributed by atoms with Crippen molar-refractivity contribution < 1.29 is 9.53 Å². The van der Waals surface area contributed by atoms with E-state index in [-0.39, 0.29) is 12.0 Å². The molecular weight excluding hydrogens is 210 g/mol. The summed E-state index contributed by atoms with van der Waals surface area (Å²) in [4.78, 5) is 11.2. The van der Waals surface area contributed by atoms with Gasteiger partial charge in [0.2, 0.25) is 0 Å². The molecule has 3 nitrogen and oxygen atoms in total. The fourth-order valence-electron chi connectivity index (χ4n) is 2.08. The summed E-state index contributed by atoms with van der Waals surface area (Å²) >= 11 is 2.03. The summed E-state index contributed by atoms with van der Waals surface area (Å²) in [5.41, 5.74) is 0. The fourth-order valence-corrected chi connectivity index (χ4v) is 3.22. The lowest BCUT2D eigenvalue weighted by molar-refractivity contribution is -0.142. The average Bonchev–Trinajstić information content (AvgIpc) is 2.65. The van der Waals surface area contributed by atoms with E-state index in [0.29, 0.717) is 6.04 Å². The van der Waals surface area contributed by atoms with Gasteiger partial charge in [-0.2, -0.15) is 11.8 Å². The summed E-state index contributed by atoms with van der Waals surface area (Å²) in [5.74, 6) is 1.02. The number of esters is 1. The van der Waals surface area contributed by atoms with Gasteiger partial charge in [-0.05, 0) is 31.9 Å². The van der Waals surface area contributed by atoms with E-state index in [1.165, 1.54) is 32.1 Å². The third kappa shape index (κ3) is 4.03. The quantitative estimate of drug-likeness (QED) is 0.732. The number of carbonyl (C=O) groups excluding carboxylic acids is 1. The van der Waals surface area contributed by atoms with Gasteiger partial charge in [0.05, 0.1) is 7.11 Å². The van der Waals surface area contributed by atoms with E-state index in [9.17, 15) is 4.79 Å². The Labute approximate surface area is 96.3 Å². The van der Waals surface area contributed by atoms with Crippen LogP contribution in [0.15, 0.2) is 0 Å². The fraction of sp³-hybridized carbons (Fsp3) is 0.909. The minimum absolute atomic E-state index is 0.165. The molecule has 0 spiro atoms. The van der Waals surface area contributed by atoms with Crippen molar-refractivity contribution in [3.8, 4) is 0 Å². The molecule has 0 aliphatic heterocycles. The van der Waals surface area contributed by atoms with E-state index in [4.69, 9.17) is 0 Å². The summed E-state index contributed by atoms with van der Waals surface area (Å²) in [6, 6.07) is 0.313. The predicted molar refractivity (Wildman–Crippen MR) is 64.2 cm³/mol. The molecule has 0 amide bonds. The number of hydrogen-bond donors (Lipinski definition) is 1. The number of ether oxygens (including phenoxy) is 1. The molecule has 1 aliphatic rings. The maximum Gasteiger partial charge on any atom is 0.322 e. The maximum absolute atomic E-state index is 11.2. The third-order valence-corrected chi connectivity index (χ3v) is 4.06. The van der Waals surface area contributed by atoms with Gasteiger partial charge in [-0.3, -0.25) is 4.79 Å². The minimum Gasteiger partial charge on any atom is -0.468 e. The number of nitrogens with one attached hydrogen (secondary N) is 1. The minimum atomic E-state index is -0.176. The van der Waals surface area contributed by atoms with Gasteiger partial charge >= 0.3 is 5.97 Å². The zero-order valence-electron chi connectivity index (χ0n) is 9.79. The van der Waals surface area contributed by atoms with Crippen LogP contribution in [0.3, 0.4) is 0 Å². The normalized spacial score (nSPS) is 27.7. The number of thioether (sulfide) groups is 1. The Morgan fingerprint density at radius 3 is 2.93 bits per heavy atom. The summed E-state index contributed by atoms with van der Waals surface area (Å²) in [7, 11) is 1.44. The molecule has 0 heterocycles. The molecule has 4 heteroatoms. The van der Waals surface area contributed by atoms with Crippen LogP contribution in [0.5, 0.6) is 0 Å². The maximum atomic E-state index is 11.2. The first-order chi connectivity index (χ1) is 7.17. The molecule has 0 aromatic heterocycles. The molecule has 1 aliphatic carbocycles. The zero-order chi connectivity index (χ0) is 11.3. The van der Waals surface area contributed by atoms with Crippen LogP contribution in [-0.4, -0.2) is 36.2 Å². The van der Waals surface area contributed by atoms with Crippen molar-refractivity contribution in [3.05, 3.63) is 0 Å². The molecule has 3 unspecified atom stereocenters. The van der Waals surface area contributed by atoms with Crippen molar-refractivity contribution in [2.24, 2.45) is 0 Å². The van der Waals surface area contributed by atoms with Gasteiger partial charge in [-0.15, -0.1) is 0 Å². The van der Waals surface area contributed by atoms with Crippen LogP contribution in [0.1, 0.15) is 33.1 Å². The highest BCUT2D eigenvalue weighted by molar-refractivity contribution is 7.99. The molecule has 1 rings (SSSR count). The second-order valence-electron chi connectivity index (χ2n) is 4.00. The molecule has 1 saturated carbocycles. The lowest BCUT2D eigenvalue weighted by Gasteiger charge is -2.17. The van der Waals surface area contributed by atoms with E-state index in [2.05, 4.69) is 17.0 Å². The first-order valence-corrected chi connectivity index (χ1v) is 6.67. The Morgan fingerprint density at radius 1 is 1.60 bits per heavy atom. The number of methoxy groups -OCH3 is 1. The molecule has 1 fully saturated rings. The highest BCUT2D eigenvalue weighted by Gasteiger charge is 2.27. The van der Waals surface area contributed by atoms with Crippen molar-refractivity contribution in [1.29, 1.82) is 0 Å². The molecule has 0 aromatic rings. The van der Waals surface area contributed by atoms with Crippen LogP contribution in [0.25, 0.3) is 0 Å². The van der Waals surface area contributed by atoms with Crippen LogP contribution in [-0.2, 0) is 9.53 Å². The molecule has 0 saturated heterocycles. The first kappa shape index (κ1) is 12.8. The predicted octanol–water partition coefficient (Wildman–Crippen LogP) is 1.81. The average molecular weight is 231 g/mol. The van der Waals surface area contributed by atoms with Crippen LogP contribution in [0.4, 0.5) is 0 Å². The van der Waals surface area contributed by atoms with Crippen molar-refractivity contribution in [1.82, 2.24) is 5.32 Å². The SMILES string of the molecule is CCSC1CCC(NC(C)C(=O)OC)C1. The standard InChI is InChI=1S/C11H21NO2S/c1-4-15-10-6-5-9(7-10)12-8(2)11(13)14-3/h8-10,12H,4-7H2,1-3H3. The van der Waals surface area contributed by atoms with Crippen molar-refractivity contribution in [3.63, 3.8) is 0 Å². The Hall–Kier alpha value is -0.220. The number of rotatable bonds is 5. The summed E-state index contributed by atoms with van der Waals surface area (Å²) in [6.07, 6.45) is 3.63. The zero-order valence-corrected chi connectivity index (χ0v) is 10.6. The van der Waals surface area contributed by atoms with Crippen LogP contribution in [0, 0.1) is 0 Å². The van der Waals surface area contributed by atoms with E-state index in [1.54, 1.807) is 0 Å². The first-order valence-electron chi connectivity index (χ1n) is 5.62. The number of carbonyl (C=O) groups is 1. The molecule has 3 atom stereocenters. The molecule has 0 bridgehead atoms. The van der Waals surface area contributed by atoms with Crippen molar-refractivity contribution in [2.45, 2.75) is 50.4 Å². The number of hydrogen-bond acceptors (Lipinski definition) is 4. The second kappa shape index (κ2) is 6.38. The lowest BCUT2D eigenvalue weighted by Crippen LogP contribution is -2.40. The highest BCUT2D eigenvalue weighted by atomic mass is 32.2. The Bertz CT molecular complexity index is 211. The molecule has 0 aromatic carbocycles. The summed E-state index contributed by atoms with van der Waals surface area (Å²) in [5, 5.41) is 4.11. The van der Waals surface area contributed by atoms with E-state index < -0.39 is 0 Å². The molecule has 1 N–H and O–H groups in total. The van der Waals surface area contributed by atoms with Crippen LogP contribution >= 0.6 is 11.8 Å². The molecular formula is C11H21NO2S. The second-order valence-corrected chi connectivity index (χ2v) is 5.58. The molecule has 88 valence electrons. The van der Waals surface area contributed by atoms with E-state index in [1.807, 2.05) is 18.7 Å². The van der Waals surface area contributed by atoms with E-state index >= 15 is 0 Å². The van der Waals surface area contributed by atoms with Crippen LogP contribution < -0.4 is 5.32 Å². The van der Waals surface area contributed by atoms with Gasteiger partial charge in [-0.1, -0.05) is 6.92 Å². The van der Waals surface area contributed by atoms with Gasteiger partial charge in [0.25, 0.3) is 0 Å². The monoisotopic (exact) mass is 231 g/mol. The third-order valence-electron chi connectivity index (χ3n) is 2.83. The summed E-state index contributed by atoms with van der Waals surface area (Å²) in [6.45, 7) is 4.06. The van der Waals surface area contributed by atoms with Gasteiger partial charge in [0.15, 0.2) is 0 Å². The van der Waals surface area contributed by atoms with Gasteiger partial charge in [-0.25, -0.2) is 0 Å².